The number of carbonyl (C=O) groups is 2. The second kappa shape index (κ2) is 6.67. The highest BCUT2D eigenvalue weighted by molar-refractivity contribution is 5.86. The topological polar surface area (TPSA) is 52.6 Å². The Labute approximate surface area is 133 Å². The molecule has 3 unspecified atom stereocenters. The van der Waals surface area contributed by atoms with Crippen LogP contribution in [0.15, 0.2) is 24.8 Å². The molecule has 0 heterocycles. The predicted octanol–water partition coefficient (Wildman–Crippen LogP) is 3.67. The maximum absolute atomic E-state index is 11.3. The first-order chi connectivity index (χ1) is 10.1. The number of rotatable bonds is 3. The van der Waals surface area contributed by atoms with Crippen molar-refractivity contribution in [2.24, 2.45) is 16.7 Å². The van der Waals surface area contributed by atoms with Crippen LogP contribution in [-0.4, -0.2) is 25.2 Å². The fourth-order valence-electron chi connectivity index (χ4n) is 3.67. The summed E-state index contributed by atoms with van der Waals surface area (Å²) >= 11 is 0. The van der Waals surface area contributed by atoms with Gasteiger partial charge in [-0.15, -0.1) is 0 Å². The molecule has 124 valence electrons. The first-order valence-corrected chi connectivity index (χ1v) is 7.67. The quantitative estimate of drug-likeness (QED) is 0.589. The van der Waals surface area contributed by atoms with Crippen LogP contribution in [-0.2, 0) is 19.1 Å². The molecule has 0 N–H and O–H groups in total. The number of fused-ring (bicyclic) bond motifs is 2. The van der Waals surface area contributed by atoms with E-state index in [-0.39, 0.29) is 23.5 Å². The normalized spacial score (nSPS) is 30.8. The lowest BCUT2D eigenvalue weighted by molar-refractivity contribution is -0.150. The fourth-order valence-corrected chi connectivity index (χ4v) is 3.67. The lowest BCUT2D eigenvalue weighted by Gasteiger charge is -2.38. The van der Waals surface area contributed by atoms with Crippen molar-refractivity contribution in [3.05, 3.63) is 24.8 Å². The average Bonchev–Trinajstić information content (AvgIpc) is 2.80. The van der Waals surface area contributed by atoms with Crippen LogP contribution in [0.1, 0.15) is 47.0 Å². The number of carbonyl (C=O) groups excluding carboxylic acids is 2. The van der Waals surface area contributed by atoms with Crippen LogP contribution < -0.4 is 0 Å². The van der Waals surface area contributed by atoms with Crippen LogP contribution in [0.25, 0.3) is 0 Å². The largest absolute Gasteiger partial charge is 0.466 e. The van der Waals surface area contributed by atoms with Gasteiger partial charge in [-0.3, -0.25) is 0 Å². The minimum absolute atomic E-state index is 0.0942. The lowest BCUT2D eigenvalue weighted by atomic mass is 9.70. The third-order valence-electron chi connectivity index (χ3n) is 5.67. The molecule has 2 rings (SSSR count). The Bertz CT molecular complexity index is 477. The minimum Gasteiger partial charge on any atom is -0.466 e. The van der Waals surface area contributed by atoms with Gasteiger partial charge in [-0.1, -0.05) is 33.9 Å². The van der Waals surface area contributed by atoms with Crippen LogP contribution >= 0.6 is 0 Å². The third-order valence-corrected chi connectivity index (χ3v) is 5.67. The predicted molar refractivity (Wildman–Crippen MR) is 86.1 cm³/mol. The van der Waals surface area contributed by atoms with E-state index < -0.39 is 0 Å². The molecule has 22 heavy (non-hydrogen) atoms. The smallest absolute Gasteiger partial charge is 0.332 e. The van der Waals surface area contributed by atoms with Gasteiger partial charge in [-0.2, -0.15) is 0 Å². The van der Waals surface area contributed by atoms with Crippen molar-refractivity contribution in [2.75, 3.05) is 7.11 Å². The molecule has 0 aliphatic heterocycles. The van der Waals surface area contributed by atoms with E-state index in [1.54, 1.807) is 6.92 Å². The average molecular weight is 308 g/mol. The number of methoxy groups -OCH3 is 1. The Morgan fingerprint density at radius 2 is 1.86 bits per heavy atom. The van der Waals surface area contributed by atoms with E-state index in [1.165, 1.54) is 26.0 Å². The highest BCUT2D eigenvalue weighted by atomic mass is 16.5. The van der Waals surface area contributed by atoms with E-state index in [0.29, 0.717) is 16.9 Å². The summed E-state index contributed by atoms with van der Waals surface area (Å²) < 4.78 is 9.75. The summed E-state index contributed by atoms with van der Waals surface area (Å²) in [6, 6.07) is 0. The molecular formula is C18H28O4. The van der Waals surface area contributed by atoms with Crippen molar-refractivity contribution in [2.45, 2.75) is 53.1 Å². The SMILES string of the molecule is C=C(C)C(=O)OC.C=CC(=O)OC1CC2CCC1(C)C2(C)C. The summed E-state index contributed by atoms with van der Waals surface area (Å²) in [4.78, 5) is 21.4. The molecule has 2 saturated carbocycles. The van der Waals surface area contributed by atoms with Crippen molar-refractivity contribution in [1.82, 2.24) is 0 Å². The van der Waals surface area contributed by atoms with Gasteiger partial charge in [-0.05, 0) is 37.5 Å². The van der Waals surface area contributed by atoms with Gasteiger partial charge in [0.15, 0.2) is 0 Å². The minimum atomic E-state index is -0.347. The second-order valence-electron chi connectivity index (χ2n) is 7.01. The molecule has 0 aromatic rings. The van der Waals surface area contributed by atoms with Gasteiger partial charge >= 0.3 is 11.9 Å². The monoisotopic (exact) mass is 308 g/mol. The van der Waals surface area contributed by atoms with Gasteiger partial charge in [-0.25, -0.2) is 9.59 Å². The van der Waals surface area contributed by atoms with Crippen molar-refractivity contribution in [3.63, 3.8) is 0 Å². The number of hydrogen-bond donors (Lipinski definition) is 0. The maximum Gasteiger partial charge on any atom is 0.332 e. The number of hydrogen-bond acceptors (Lipinski definition) is 4. The molecule has 2 bridgehead atoms. The molecule has 0 saturated heterocycles. The molecule has 4 nitrogen and oxygen atoms in total. The van der Waals surface area contributed by atoms with Gasteiger partial charge in [0.05, 0.1) is 7.11 Å². The molecule has 2 aliphatic carbocycles. The summed E-state index contributed by atoms with van der Waals surface area (Å²) in [6.45, 7) is 15.3. The Balaban J connectivity index is 0.000000295. The fraction of sp³-hybridized carbons (Fsp3) is 0.667. The first-order valence-electron chi connectivity index (χ1n) is 7.67. The van der Waals surface area contributed by atoms with E-state index >= 15 is 0 Å². The molecule has 4 heteroatoms. The Hall–Kier alpha value is -1.58. The zero-order valence-corrected chi connectivity index (χ0v) is 14.4. The van der Waals surface area contributed by atoms with Gasteiger partial charge in [0.1, 0.15) is 6.10 Å². The number of ether oxygens (including phenoxy) is 2. The molecule has 0 aromatic carbocycles. The molecule has 3 atom stereocenters. The zero-order valence-electron chi connectivity index (χ0n) is 14.4. The highest BCUT2D eigenvalue weighted by Gasteiger charge is 2.62. The molecule has 0 amide bonds. The van der Waals surface area contributed by atoms with Crippen LogP contribution in [0.3, 0.4) is 0 Å². The van der Waals surface area contributed by atoms with E-state index in [2.05, 4.69) is 38.7 Å². The van der Waals surface area contributed by atoms with Gasteiger partial charge in [0.25, 0.3) is 0 Å². The van der Waals surface area contributed by atoms with Crippen molar-refractivity contribution < 1.29 is 19.1 Å². The summed E-state index contributed by atoms with van der Waals surface area (Å²) in [7, 11) is 1.33. The summed E-state index contributed by atoms with van der Waals surface area (Å²) in [5.41, 5.74) is 0.901. The Morgan fingerprint density at radius 1 is 1.27 bits per heavy atom. The van der Waals surface area contributed by atoms with Crippen molar-refractivity contribution >= 4 is 11.9 Å². The van der Waals surface area contributed by atoms with E-state index in [0.717, 1.165) is 6.42 Å². The van der Waals surface area contributed by atoms with Gasteiger partial charge < -0.3 is 9.47 Å². The summed E-state index contributed by atoms with van der Waals surface area (Å²) in [5, 5.41) is 0. The molecule has 0 radical (unpaired) electrons. The maximum atomic E-state index is 11.3. The van der Waals surface area contributed by atoms with Crippen LogP contribution in [0.4, 0.5) is 0 Å². The zero-order chi connectivity index (χ0) is 17.1. The van der Waals surface area contributed by atoms with E-state index in [4.69, 9.17) is 4.74 Å². The van der Waals surface area contributed by atoms with E-state index in [9.17, 15) is 9.59 Å². The highest BCUT2D eigenvalue weighted by Crippen LogP contribution is 2.66. The van der Waals surface area contributed by atoms with Crippen LogP contribution in [0, 0.1) is 16.7 Å². The molecule has 2 fully saturated rings. The van der Waals surface area contributed by atoms with Gasteiger partial charge in [0, 0.05) is 17.1 Å². The summed E-state index contributed by atoms with van der Waals surface area (Å²) in [5.74, 6) is 0.0923. The van der Waals surface area contributed by atoms with Crippen molar-refractivity contribution in [1.29, 1.82) is 0 Å². The van der Waals surface area contributed by atoms with Crippen LogP contribution in [0.5, 0.6) is 0 Å². The third kappa shape index (κ3) is 3.26. The standard InChI is InChI=1S/C13H20O2.C5H8O2/c1-5-11(14)15-10-8-9-6-7-13(10,4)12(9,2)3;1-4(2)5(6)7-3/h5,9-10H,1,6-8H2,2-4H3;1H2,2-3H3. The Kier molecular flexibility index (Phi) is 5.60. The van der Waals surface area contributed by atoms with Crippen molar-refractivity contribution in [3.8, 4) is 0 Å². The number of esters is 2. The second-order valence-corrected chi connectivity index (χ2v) is 7.01. The lowest BCUT2D eigenvalue weighted by Crippen LogP contribution is -2.38. The first kappa shape index (κ1) is 18.5. The van der Waals surface area contributed by atoms with Gasteiger partial charge in [0.2, 0.25) is 0 Å². The summed E-state index contributed by atoms with van der Waals surface area (Å²) in [6.07, 6.45) is 4.85. The molecule has 0 spiro atoms. The van der Waals surface area contributed by atoms with Crippen LogP contribution in [0.2, 0.25) is 0 Å². The molecule has 0 aromatic heterocycles. The Morgan fingerprint density at radius 3 is 2.14 bits per heavy atom. The molecular weight excluding hydrogens is 280 g/mol. The molecule has 2 aliphatic rings. The van der Waals surface area contributed by atoms with E-state index in [1.807, 2.05) is 0 Å².